The first kappa shape index (κ1) is 20.2. The predicted molar refractivity (Wildman–Crippen MR) is 112 cm³/mol. The van der Waals surface area contributed by atoms with Gasteiger partial charge in [0.15, 0.2) is 0 Å². The zero-order valence-electron chi connectivity index (χ0n) is 14.3. The number of hydrogen-bond acceptors (Lipinski definition) is 10. The second kappa shape index (κ2) is 8.62. The summed E-state index contributed by atoms with van der Waals surface area (Å²) in [6.45, 7) is 0. The topological polar surface area (TPSA) is 159 Å². The molecule has 3 rings (SSSR count). The van der Waals surface area contributed by atoms with E-state index in [4.69, 9.17) is 10.5 Å². The van der Waals surface area contributed by atoms with E-state index in [0.717, 1.165) is 16.6 Å². The Hall–Kier alpha value is -3.58. The van der Waals surface area contributed by atoms with Gasteiger partial charge in [0, 0.05) is 21.5 Å². The van der Waals surface area contributed by atoms with E-state index < -0.39 is 21.2 Å². The van der Waals surface area contributed by atoms with Crippen LogP contribution in [-0.2, 0) is 0 Å². The Morgan fingerprint density at radius 2 is 1.93 bits per heavy atom. The fourth-order valence-corrected chi connectivity index (χ4v) is 3.10. The molecule has 1 heterocycles. The summed E-state index contributed by atoms with van der Waals surface area (Å²) in [6.07, 6.45) is 1.44. The van der Waals surface area contributed by atoms with Gasteiger partial charge in [0.25, 0.3) is 5.69 Å². The number of rotatable bonds is 7. The van der Waals surface area contributed by atoms with Crippen LogP contribution < -0.4 is 15.9 Å². The number of anilines is 2. The van der Waals surface area contributed by atoms with Crippen LogP contribution in [0.2, 0.25) is 0 Å². The molecule has 29 heavy (non-hydrogen) atoms. The highest BCUT2D eigenvalue weighted by atomic mass is 79.9. The highest BCUT2D eigenvalue weighted by Gasteiger charge is 2.21. The van der Waals surface area contributed by atoms with Crippen molar-refractivity contribution in [1.29, 1.82) is 0 Å². The van der Waals surface area contributed by atoms with Gasteiger partial charge in [-0.25, -0.2) is 4.98 Å². The summed E-state index contributed by atoms with van der Waals surface area (Å²) in [6, 6.07) is 8.10. The van der Waals surface area contributed by atoms with E-state index in [9.17, 15) is 20.2 Å². The molecule has 0 spiro atoms. The summed E-state index contributed by atoms with van der Waals surface area (Å²) >= 11 is 4.61. The molecule has 0 radical (unpaired) electrons. The highest BCUT2D eigenvalue weighted by Crippen LogP contribution is 2.36. The second-order valence-corrected chi connectivity index (χ2v) is 7.17. The van der Waals surface area contributed by atoms with Gasteiger partial charge < -0.3 is 10.5 Å². The number of nitrogens with two attached hydrogens (primary N) is 1. The molecule has 11 nitrogen and oxygen atoms in total. The van der Waals surface area contributed by atoms with Gasteiger partial charge in [-0.15, -0.1) is 11.3 Å². The lowest BCUT2D eigenvalue weighted by Gasteiger charge is -2.09. The first-order valence-electron chi connectivity index (χ1n) is 7.74. The molecule has 0 aliphatic heterocycles. The first-order chi connectivity index (χ1) is 13.8. The minimum absolute atomic E-state index is 0.141. The highest BCUT2D eigenvalue weighted by molar-refractivity contribution is 9.10. The number of nitrogens with one attached hydrogen (secondary N) is 1. The number of hydrogen-bond donors (Lipinski definition) is 2. The van der Waals surface area contributed by atoms with E-state index >= 15 is 0 Å². The van der Waals surface area contributed by atoms with Crippen molar-refractivity contribution in [3.63, 3.8) is 0 Å². The van der Waals surface area contributed by atoms with Crippen LogP contribution in [0, 0.1) is 20.2 Å². The Morgan fingerprint density at radius 1 is 1.17 bits per heavy atom. The number of nitro benzene ring substituents is 2. The number of hydrazone groups is 1. The Bertz CT molecular complexity index is 1120. The van der Waals surface area contributed by atoms with Crippen molar-refractivity contribution in [2.45, 2.75) is 0 Å². The summed E-state index contributed by atoms with van der Waals surface area (Å²) in [4.78, 5) is 24.7. The third-order valence-electron chi connectivity index (χ3n) is 3.43. The van der Waals surface area contributed by atoms with Gasteiger partial charge in [-0.3, -0.25) is 25.7 Å². The molecule has 2 aromatic carbocycles. The van der Waals surface area contributed by atoms with Crippen LogP contribution in [0.5, 0.6) is 11.5 Å². The van der Waals surface area contributed by atoms with E-state index in [1.165, 1.54) is 23.6 Å². The molecule has 3 N–H and O–H groups in total. The van der Waals surface area contributed by atoms with Crippen LogP contribution in [0.1, 0.15) is 5.56 Å². The number of aromatic nitrogens is 1. The third kappa shape index (κ3) is 5.03. The van der Waals surface area contributed by atoms with E-state index in [2.05, 4.69) is 31.4 Å². The van der Waals surface area contributed by atoms with Gasteiger partial charge in [0.1, 0.15) is 11.6 Å². The Kier molecular flexibility index (Phi) is 5.99. The maximum atomic E-state index is 11.3. The molecule has 1 aromatic heterocycles. The van der Waals surface area contributed by atoms with Crippen LogP contribution in [0.25, 0.3) is 0 Å². The fraction of sp³-hybridized carbons (Fsp3) is 0. The van der Waals surface area contributed by atoms with Gasteiger partial charge in [-0.05, 0) is 24.3 Å². The molecule has 0 atom stereocenters. The SMILES string of the molecule is Nc1csc(NN=Cc2cc(Br)ccc2Oc2ccc([N+](=O)[O-])cc2[N+](=O)[O-])n1. The van der Waals surface area contributed by atoms with E-state index in [-0.39, 0.29) is 11.5 Å². The Morgan fingerprint density at radius 3 is 2.59 bits per heavy atom. The molecule has 3 aromatic rings. The van der Waals surface area contributed by atoms with Crippen LogP contribution in [0.15, 0.2) is 51.4 Å². The molecule has 13 heteroatoms. The molecule has 148 valence electrons. The van der Waals surface area contributed by atoms with Crippen molar-refractivity contribution in [2.75, 3.05) is 11.2 Å². The lowest BCUT2D eigenvalue weighted by molar-refractivity contribution is -0.394. The second-order valence-electron chi connectivity index (χ2n) is 5.40. The number of non-ortho nitro benzene ring substituents is 1. The van der Waals surface area contributed by atoms with Gasteiger partial charge in [0.05, 0.1) is 22.1 Å². The van der Waals surface area contributed by atoms with Crippen molar-refractivity contribution in [3.8, 4) is 11.5 Å². The fourth-order valence-electron chi connectivity index (χ4n) is 2.17. The summed E-state index contributed by atoms with van der Waals surface area (Å²) < 4.78 is 6.39. The molecule has 0 aliphatic carbocycles. The van der Waals surface area contributed by atoms with Gasteiger partial charge >= 0.3 is 5.69 Å². The molecule has 0 bridgehead atoms. The Labute approximate surface area is 175 Å². The molecular weight excluding hydrogens is 468 g/mol. The van der Waals surface area contributed by atoms with Gasteiger partial charge in [-0.1, -0.05) is 15.9 Å². The molecule has 0 saturated carbocycles. The monoisotopic (exact) mass is 478 g/mol. The zero-order chi connectivity index (χ0) is 21.0. The number of ether oxygens (including phenoxy) is 1. The van der Waals surface area contributed by atoms with Crippen LogP contribution in [-0.4, -0.2) is 21.0 Å². The van der Waals surface area contributed by atoms with Gasteiger partial charge in [0.2, 0.25) is 10.9 Å². The summed E-state index contributed by atoms with van der Waals surface area (Å²) in [5.41, 5.74) is 7.81. The summed E-state index contributed by atoms with van der Waals surface area (Å²) in [5, 5.41) is 28.4. The minimum Gasteiger partial charge on any atom is -0.449 e. The van der Waals surface area contributed by atoms with Crippen molar-refractivity contribution in [1.82, 2.24) is 4.98 Å². The maximum Gasteiger partial charge on any atom is 0.318 e. The number of benzene rings is 2. The lowest BCUT2D eigenvalue weighted by Crippen LogP contribution is -1.98. The van der Waals surface area contributed by atoms with Crippen molar-refractivity contribution in [3.05, 3.63) is 72.0 Å². The normalized spacial score (nSPS) is 10.8. The lowest BCUT2D eigenvalue weighted by atomic mass is 10.2. The van der Waals surface area contributed by atoms with Crippen LogP contribution >= 0.6 is 27.3 Å². The third-order valence-corrected chi connectivity index (χ3v) is 4.69. The zero-order valence-corrected chi connectivity index (χ0v) is 16.7. The van der Waals surface area contributed by atoms with Crippen LogP contribution in [0.4, 0.5) is 22.3 Å². The number of nitro groups is 2. The number of halogens is 1. The predicted octanol–water partition coefficient (Wildman–Crippen LogP) is 4.54. The summed E-state index contributed by atoms with van der Waals surface area (Å²) in [7, 11) is 0. The molecule has 0 amide bonds. The van der Waals surface area contributed by atoms with Crippen LogP contribution in [0.3, 0.4) is 0 Å². The quantitative estimate of drug-likeness (QED) is 0.284. The van der Waals surface area contributed by atoms with E-state index in [1.807, 2.05) is 0 Å². The van der Waals surface area contributed by atoms with E-state index in [1.54, 1.807) is 23.6 Å². The van der Waals surface area contributed by atoms with E-state index in [0.29, 0.717) is 16.5 Å². The molecule has 0 saturated heterocycles. The molecule has 0 unspecified atom stereocenters. The van der Waals surface area contributed by atoms with Gasteiger partial charge in [-0.2, -0.15) is 5.10 Å². The van der Waals surface area contributed by atoms with Crippen molar-refractivity contribution < 1.29 is 14.6 Å². The van der Waals surface area contributed by atoms with Crippen molar-refractivity contribution in [2.24, 2.45) is 5.10 Å². The first-order valence-corrected chi connectivity index (χ1v) is 9.41. The summed E-state index contributed by atoms with van der Waals surface area (Å²) in [5.74, 6) is 0.484. The average molecular weight is 479 g/mol. The average Bonchev–Trinajstić information content (AvgIpc) is 3.09. The standard InChI is InChI=1S/C16H11BrN6O5S/c17-10-1-3-13(9(5-10)7-19-21-16-20-15(18)8-29-16)28-14-4-2-11(22(24)25)6-12(14)23(26)27/h1-8H,18H2,(H,20,21). The maximum absolute atomic E-state index is 11.3. The molecule has 0 aliphatic rings. The number of nitrogens with zero attached hydrogens (tertiary/aromatic N) is 4. The Balaban J connectivity index is 1.89. The molecule has 0 fully saturated rings. The molecular formula is C16H11BrN6O5S. The smallest absolute Gasteiger partial charge is 0.318 e. The largest absolute Gasteiger partial charge is 0.449 e. The minimum atomic E-state index is -0.747. The number of thiazole rings is 1. The van der Waals surface area contributed by atoms with Crippen molar-refractivity contribution >= 4 is 55.8 Å². The number of nitrogen functional groups attached to an aromatic ring is 1.